The minimum Gasteiger partial charge on any atom is -0.369 e. The van der Waals surface area contributed by atoms with Gasteiger partial charge in [-0.3, -0.25) is 0 Å². The van der Waals surface area contributed by atoms with Crippen molar-refractivity contribution in [1.29, 1.82) is 0 Å². The van der Waals surface area contributed by atoms with Gasteiger partial charge in [-0.1, -0.05) is 48.0 Å². The van der Waals surface area contributed by atoms with Crippen molar-refractivity contribution in [2.45, 2.75) is 4.90 Å². The zero-order valence-corrected chi connectivity index (χ0v) is 19.7. The molecule has 7 nitrogen and oxygen atoms in total. The van der Waals surface area contributed by atoms with Crippen molar-refractivity contribution >= 4 is 48.1 Å². The molecule has 1 N–H and O–H groups in total. The van der Waals surface area contributed by atoms with Gasteiger partial charge in [0.1, 0.15) is 0 Å². The maximum absolute atomic E-state index is 12.7. The fraction of sp³-hybridized carbons (Fsp3) is 0.273. The number of fused-ring (bicyclic) bond motifs is 1. The zero-order valence-electron chi connectivity index (χ0n) is 17.3. The summed E-state index contributed by atoms with van der Waals surface area (Å²) < 4.78 is 54.6. The Kier molecular flexibility index (Phi) is 6.73. The second-order valence-corrected chi connectivity index (χ2v) is 11.9. The van der Waals surface area contributed by atoms with Crippen molar-refractivity contribution in [3.63, 3.8) is 0 Å². The molecule has 0 atom stereocenters. The standard InChI is InChI=1S/C22H24ClN3O4S2/c23-20-6-3-7-21(17-20)25-11-13-26(14-12-25)31(27,28)15-10-24-32(29,30)22-9-8-18-4-1-2-5-19(18)16-22/h1-9,16-17,24H,10-15H2. The molecule has 32 heavy (non-hydrogen) atoms. The third-order valence-electron chi connectivity index (χ3n) is 5.49. The molecular formula is C22H24ClN3O4S2. The van der Waals surface area contributed by atoms with Crippen molar-refractivity contribution < 1.29 is 16.8 Å². The lowest BCUT2D eigenvalue weighted by molar-refractivity contribution is 0.385. The van der Waals surface area contributed by atoms with Crippen LogP contribution in [-0.2, 0) is 20.0 Å². The van der Waals surface area contributed by atoms with Gasteiger partial charge in [-0.2, -0.15) is 4.31 Å². The monoisotopic (exact) mass is 493 g/mol. The van der Waals surface area contributed by atoms with Gasteiger partial charge in [-0.15, -0.1) is 0 Å². The second-order valence-electron chi connectivity index (χ2n) is 7.59. The summed E-state index contributed by atoms with van der Waals surface area (Å²) >= 11 is 6.04. The van der Waals surface area contributed by atoms with Crippen LogP contribution in [0.2, 0.25) is 5.02 Å². The Bertz CT molecular complexity index is 1320. The molecule has 1 fully saturated rings. The van der Waals surface area contributed by atoms with E-state index in [0.29, 0.717) is 31.2 Å². The third kappa shape index (κ3) is 5.24. The fourth-order valence-electron chi connectivity index (χ4n) is 3.75. The first-order valence-corrected chi connectivity index (χ1v) is 13.7. The number of nitrogens with zero attached hydrogens (tertiary/aromatic N) is 2. The molecule has 1 aliphatic heterocycles. The van der Waals surface area contributed by atoms with E-state index >= 15 is 0 Å². The van der Waals surface area contributed by atoms with Gasteiger partial charge in [0.2, 0.25) is 20.0 Å². The van der Waals surface area contributed by atoms with Crippen LogP contribution in [0.25, 0.3) is 10.8 Å². The van der Waals surface area contributed by atoms with E-state index in [1.54, 1.807) is 18.2 Å². The van der Waals surface area contributed by atoms with Crippen molar-refractivity contribution in [1.82, 2.24) is 9.03 Å². The minimum atomic E-state index is -3.81. The lowest BCUT2D eigenvalue weighted by Crippen LogP contribution is -2.50. The number of piperazine rings is 1. The Balaban J connectivity index is 1.34. The van der Waals surface area contributed by atoms with E-state index in [2.05, 4.69) is 9.62 Å². The summed E-state index contributed by atoms with van der Waals surface area (Å²) in [6.45, 7) is 1.58. The van der Waals surface area contributed by atoms with Gasteiger partial charge in [0, 0.05) is 43.4 Å². The van der Waals surface area contributed by atoms with Gasteiger partial charge < -0.3 is 4.90 Å². The maximum atomic E-state index is 12.7. The molecule has 0 unspecified atom stereocenters. The lowest BCUT2D eigenvalue weighted by atomic mass is 10.1. The molecule has 0 amide bonds. The molecule has 1 aliphatic rings. The Morgan fingerprint density at radius 2 is 1.53 bits per heavy atom. The number of rotatable bonds is 7. The normalized spacial score (nSPS) is 15.8. The van der Waals surface area contributed by atoms with Crippen molar-refractivity contribution in [3.05, 3.63) is 71.8 Å². The topological polar surface area (TPSA) is 86.8 Å². The van der Waals surface area contributed by atoms with Gasteiger partial charge in [-0.05, 0) is 41.1 Å². The smallest absolute Gasteiger partial charge is 0.240 e. The number of hydrogen-bond donors (Lipinski definition) is 1. The van der Waals surface area contributed by atoms with E-state index < -0.39 is 20.0 Å². The van der Waals surface area contributed by atoms with E-state index in [0.717, 1.165) is 16.5 Å². The summed E-state index contributed by atoms with van der Waals surface area (Å²) in [7, 11) is -7.39. The van der Waals surface area contributed by atoms with Crippen LogP contribution in [0.5, 0.6) is 0 Å². The van der Waals surface area contributed by atoms with Crippen molar-refractivity contribution in [3.8, 4) is 0 Å². The summed E-state index contributed by atoms with van der Waals surface area (Å²) in [5.74, 6) is -0.295. The lowest BCUT2D eigenvalue weighted by Gasteiger charge is -2.35. The van der Waals surface area contributed by atoms with Crippen LogP contribution in [0.4, 0.5) is 5.69 Å². The molecular weight excluding hydrogens is 470 g/mol. The first kappa shape index (κ1) is 23.0. The number of halogens is 1. The molecule has 3 aromatic carbocycles. The average molecular weight is 494 g/mol. The van der Waals surface area contributed by atoms with Crippen LogP contribution in [0, 0.1) is 0 Å². The van der Waals surface area contributed by atoms with E-state index in [1.165, 1.54) is 10.4 Å². The summed E-state index contributed by atoms with van der Waals surface area (Å²) in [5.41, 5.74) is 0.956. The largest absolute Gasteiger partial charge is 0.369 e. The van der Waals surface area contributed by atoms with Gasteiger partial charge in [0.15, 0.2) is 0 Å². The average Bonchev–Trinajstić information content (AvgIpc) is 2.78. The minimum absolute atomic E-state index is 0.115. The molecule has 170 valence electrons. The quantitative estimate of drug-likeness (QED) is 0.547. The summed E-state index contributed by atoms with van der Waals surface area (Å²) in [4.78, 5) is 2.20. The number of hydrogen-bond acceptors (Lipinski definition) is 5. The first-order chi connectivity index (χ1) is 15.2. The molecule has 4 rings (SSSR count). The van der Waals surface area contributed by atoms with E-state index in [4.69, 9.17) is 11.6 Å². The van der Waals surface area contributed by atoms with Crippen molar-refractivity contribution in [2.24, 2.45) is 0 Å². The molecule has 0 aliphatic carbocycles. The number of benzene rings is 3. The molecule has 0 bridgehead atoms. The zero-order chi connectivity index (χ0) is 22.8. The predicted molar refractivity (Wildman–Crippen MR) is 128 cm³/mol. The highest BCUT2D eigenvalue weighted by Gasteiger charge is 2.27. The molecule has 0 aromatic heterocycles. The summed E-state index contributed by atoms with van der Waals surface area (Å²) in [6.07, 6.45) is 0. The molecule has 0 radical (unpaired) electrons. The van der Waals surface area contributed by atoms with Crippen LogP contribution in [0.1, 0.15) is 0 Å². The van der Waals surface area contributed by atoms with E-state index in [9.17, 15) is 16.8 Å². The second kappa shape index (κ2) is 9.36. The highest BCUT2D eigenvalue weighted by atomic mass is 35.5. The molecule has 0 saturated carbocycles. The molecule has 0 spiro atoms. The first-order valence-electron chi connectivity index (χ1n) is 10.2. The van der Waals surface area contributed by atoms with Crippen LogP contribution >= 0.6 is 11.6 Å². The van der Waals surface area contributed by atoms with Gasteiger partial charge in [0.25, 0.3) is 0 Å². The maximum Gasteiger partial charge on any atom is 0.240 e. The van der Waals surface area contributed by atoms with E-state index in [-0.39, 0.29) is 17.2 Å². The Morgan fingerprint density at radius 3 is 2.25 bits per heavy atom. The highest BCUT2D eigenvalue weighted by molar-refractivity contribution is 7.90. The highest BCUT2D eigenvalue weighted by Crippen LogP contribution is 2.22. The summed E-state index contributed by atoms with van der Waals surface area (Å²) in [6, 6.07) is 19.8. The number of anilines is 1. The molecule has 3 aromatic rings. The molecule has 10 heteroatoms. The SMILES string of the molecule is O=S(=O)(NCCS(=O)(=O)N1CCN(c2cccc(Cl)c2)CC1)c1ccc2ccccc2c1. The van der Waals surface area contributed by atoms with Gasteiger partial charge >= 0.3 is 0 Å². The van der Waals surface area contributed by atoms with E-state index in [1.807, 2.05) is 42.5 Å². The van der Waals surface area contributed by atoms with Crippen molar-refractivity contribution in [2.75, 3.05) is 43.4 Å². The predicted octanol–water partition coefficient (Wildman–Crippen LogP) is 2.92. The molecule has 1 saturated heterocycles. The van der Waals surface area contributed by atoms with Crippen LogP contribution in [0.3, 0.4) is 0 Å². The van der Waals surface area contributed by atoms with Crippen LogP contribution in [-0.4, -0.2) is 59.6 Å². The fourth-order valence-corrected chi connectivity index (χ4v) is 6.47. The summed E-state index contributed by atoms with van der Waals surface area (Å²) in [5, 5.41) is 2.38. The Labute approximate surface area is 193 Å². The van der Waals surface area contributed by atoms with Crippen LogP contribution in [0.15, 0.2) is 71.6 Å². The number of sulfonamides is 2. The Morgan fingerprint density at radius 1 is 0.812 bits per heavy atom. The van der Waals surface area contributed by atoms with Crippen LogP contribution < -0.4 is 9.62 Å². The number of nitrogens with one attached hydrogen (secondary N) is 1. The van der Waals surface area contributed by atoms with Gasteiger partial charge in [0.05, 0.1) is 10.6 Å². The van der Waals surface area contributed by atoms with Gasteiger partial charge in [-0.25, -0.2) is 21.6 Å². The third-order valence-corrected chi connectivity index (χ3v) is 9.05. The Hall–Kier alpha value is -2.17. The molecule has 1 heterocycles.